The second-order valence-corrected chi connectivity index (χ2v) is 10.0. The molecule has 1 saturated carbocycles. The van der Waals surface area contributed by atoms with Gasteiger partial charge in [0.05, 0.1) is 7.11 Å². The molecular weight excluding hydrogens is 442 g/mol. The summed E-state index contributed by atoms with van der Waals surface area (Å²) >= 11 is 0. The van der Waals surface area contributed by atoms with E-state index in [0.29, 0.717) is 40.3 Å². The van der Waals surface area contributed by atoms with Crippen molar-refractivity contribution in [3.8, 4) is 5.75 Å². The van der Waals surface area contributed by atoms with Gasteiger partial charge in [-0.3, -0.25) is 9.59 Å². The van der Waals surface area contributed by atoms with Gasteiger partial charge in [-0.05, 0) is 59.4 Å². The number of carbonyl (C=O) groups excluding carboxylic acids is 2. The van der Waals surface area contributed by atoms with E-state index in [4.69, 9.17) is 4.74 Å². The number of H-pyrrole nitrogens is 1. The molecule has 2 unspecified atom stereocenters. The van der Waals surface area contributed by atoms with Crippen LogP contribution < -0.4 is 4.74 Å². The molecule has 7 rings (SSSR count). The molecule has 2 amide bonds. The van der Waals surface area contributed by atoms with E-state index in [1.165, 1.54) is 0 Å². The maximum absolute atomic E-state index is 13.4. The predicted molar refractivity (Wildman–Crippen MR) is 130 cm³/mol. The average molecular weight is 468 g/mol. The summed E-state index contributed by atoms with van der Waals surface area (Å²) in [5.74, 6) is 2.69. The predicted octanol–water partition coefficient (Wildman–Crippen LogP) is 3.21. The Balaban J connectivity index is 1.06. The molecule has 1 N–H and O–H groups in total. The van der Waals surface area contributed by atoms with Crippen LogP contribution in [0.15, 0.2) is 54.6 Å². The summed E-state index contributed by atoms with van der Waals surface area (Å²) in [7, 11) is 1.64. The van der Waals surface area contributed by atoms with Gasteiger partial charge >= 0.3 is 0 Å². The Kier molecular flexibility index (Phi) is 4.40. The highest BCUT2D eigenvalue weighted by atomic mass is 16.5. The van der Waals surface area contributed by atoms with Gasteiger partial charge in [0.15, 0.2) is 0 Å². The first-order chi connectivity index (χ1) is 17.1. The van der Waals surface area contributed by atoms with Crippen molar-refractivity contribution in [2.45, 2.75) is 0 Å². The maximum atomic E-state index is 13.4. The normalized spacial score (nSPS) is 24.9. The van der Waals surface area contributed by atoms with Crippen molar-refractivity contribution in [2.24, 2.45) is 23.7 Å². The van der Waals surface area contributed by atoms with Crippen LogP contribution in [0.2, 0.25) is 0 Å². The van der Waals surface area contributed by atoms with Gasteiger partial charge in [-0.25, -0.2) is 0 Å². The Morgan fingerprint density at radius 1 is 0.800 bits per heavy atom. The van der Waals surface area contributed by atoms with Crippen molar-refractivity contribution in [1.29, 1.82) is 0 Å². The molecule has 2 aliphatic heterocycles. The van der Waals surface area contributed by atoms with Crippen molar-refractivity contribution in [1.82, 2.24) is 25.2 Å². The minimum Gasteiger partial charge on any atom is -0.496 e. The summed E-state index contributed by atoms with van der Waals surface area (Å²) in [6, 6.07) is 17.3. The zero-order valence-electron chi connectivity index (χ0n) is 19.3. The molecule has 3 aliphatic rings. The first-order valence-electron chi connectivity index (χ1n) is 12.1. The van der Waals surface area contributed by atoms with Crippen LogP contribution in [-0.4, -0.2) is 70.3 Å². The molecular formula is C27H25N5O3. The fraction of sp³-hybridized carbons (Fsp3) is 0.333. The minimum absolute atomic E-state index is 0.0542. The van der Waals surface area contributed by atoms with Crippen LogP contribution in [0.5, 0.6) is 5.75 Å². The lowest BCUT2D eigenvalue weighted by Crippen LogP contribution is -2.44. The summed E-state index contributed by atoms with van der Waals surface area (Å²) in [6.45, 7) is 3.03. The van der Waals surface area contributed by atoms with Crippen LogP contribution in [0.3, 0.4) is 0 Å². The van der Waals surface area contributed by atoms with Crippen LogP contribution in [0.1, 0.15) is 20.7 Å². The molecule has 1 aromatic heterocycles. The Morgan fingerprint density at radius 2 is 1.43 bits per heavy atom. The molecule has 8 nitrogen and oxygen atoms in total. The molecule has 0 bridgehead atoms. The van der Waals surface area contributed by atoms with E-state index in [9.17, 15) is 9.59 Å². The SMILES string of the molecule is COc1cc(C(=O)N2CC3C(C2)[C@@H]2CN(C(=O)c4ccc5n[nH]nc5c4)C[C@H]32)cc2ccccc12. The summed E-state index contributed by atoms with van der Waals surface area (Å²) in [5.41, 5.74) is 2.78. The Morgan fingerprint density at radius 3 is 2.11 bits per heavy atom. The summed E-state index contributed by atoms with van der Waals surface area (Å²) in [4.78, 5) is 30.6. The number of hydrogen-bond donors (Lipinski definition) is 1. The lowest BCUT2D eigenvalue weighted by molar-refractivity contribution is 0.0629. The zero-order valence-corrected chi connectivity index (χ0v) is 19.3. The molecule has 4 atom stereocenters. The molecule has 2 saturated heterocycles. The Hall–Kier alpha value is -3.94. The molecule has 3 heterocycles. The van der Waals surface area contributed by atoms with E-state index in [0.717, 1.165) is 48.2 Å². The number of nitrogens with one attached hydrogen (secondary N) is 1. The van der Waals surface area contributed by atoms with Crippen LogP contribution in [0.25, 0.3) is 21.8 Å². The number of fused-ring (bicyclic) bond motifs is 6. The van der Waals surface area contributed by atoms with Crippen LogP contribution in [-0.2, 0) is 0 Å². The molecule has 3 fully saturated rings. The van der Waals surface area contributed by atoms with E-state index in [-0.39, 0.29) is 11.8 Å². The monoisotopic (exact) mass is 467 g/mol. The van der Waals surface area contributed by atoms with Crippen molar-refractivity contribution in [3.63, 3.8) is 0 Å². The number of carbonyl (C=O) groups is 2. The summed E-state index contributed by atoms with van der Waals surface area (Å²) in [6.07, 6.45) is 0. The fourth-order valence-corrected chi connectivity index (χ4v) is 6.61. The first kappa shape index (κ1) is 20.4. The maximum Gasteiger partial charge on any atom is 0.254 e. The van der Waals surface area contributed by atoms with Crippen molar-refractivity contribution < 1.29 is 14.3 Å². The quantitative estimate of drug-likeness (QED) is 0.500. The highest BCUT2D eigenvalue weighted by molar-refractivity contribution is 6.01. The Bertz CT molecular complexity index is 1480. The highest BCUT2D eigenvalue weighted by Gasteiger charge is 2.59. The molecule has 176 valence electrons. The third-order valence-electron chi connectivity index (χ3n) is 8.35. The van der Waals surface area contributed by atoms with E-state index < -0.39 is 0 Å². The van der Waals surface area contributed by atoms with E-state index in [2.05, 4.69) is 15.4 Å². The first-order valence-corrected chi connectivity index (χ1v) is 12.1. The second kappa shape index (κ2) is 7.53. The van der Waals surface area contributed by atoms with Gasteiger partial charge in [0.25, 0.3) is 11.8 Å². The number of hydrogen-bond acceptors (Lipinski definition) is 5. The van der Waals surface area contributed by atoms with Crippen LogP contribution >= 0.6 is 0 Å². The number of likely N-dealkylation sites (tertiary alicyclic amines) is 2. The fourth-order valence-electron chi connectivity index (χ4n) is 6.61. The van der Waals surface area contributed by atoms with E-state index in [1.54, 1.807) is 13.2 Å². The molecule has 1 aliphatic carbocycles. The number of aromatic nitrogens is 3. The number of ether oxygens (including phenoxy) is 1. The number of amides is 2. The van der Waals surface area contributed by atoms with Crippen LogP contribution in [0, 0.1) is 23.7 Å². The molecule has 0 spiro atoms. The molecule has 4 aromatic rings. The largest absolute Gasteiger partial charge is 0.496 e. The number of aromatic amines is 1. The number of rotatable bonds is 3. The lowest BCUT2D eigenvalue weighted by Gasteiger charge is -2.42. The van der Waals surface area contributed by atoms with Gasteiger partial charge < -0.3 is 14.5 Å². The highest BCUT2D eigenvalue weighted by Crippen LogP contribution is 2.54. The molecule has 0 radical (unpaired) electrons. The van der Waals surface area contributed by atoms with Gasteiger partial charge in [0.2, 0.25) is 0 Å². The Labute approximate surface area is 201 Å². The van der Waals surface area contributed by atoms with Gasteiger partial charge in [-0.1, -0.05) is 24.3 Å². The molecule has 8 heteroatoms. The van der Waals surface area contributed by atoms with E-state index >= 15 is 0 Å². The standard InChI is InChI=1S/C27H25N5O3/c1-35-25-10-17(8-15-4-2-3-5-18(15)25)27(34)32-13-21-19-11-31(12-20(19)22(21)14-32)26(33)16-6-7-23-24(9-16)29-30-28-23/h2-10,19-22H,11-14H2,1H3,(H,28,29,30)/t19-,20+,21?,22?. The number of benzene rings is 3. The average Bonchev–Trinajstić information content (AvgIpc) is 3.61. The second-order valence-electron chi connectivity index (χ2n) is 10.0. The van der Waals surface area contributed by atoms with Crippen molar-refractivity contribution in [3.05, 3.63) is 65.7 Å². The van der Waals surface area contributed by atoms with Gasteiger partial charge in [-0.2, -0.15) is 15.4 Å². The zero-order chi connectivity index (χ0) is 23.7. The van der Waals surface area contributed by atoms with Gasteiger partial charge in [-0.15, -0.1) is 0 Å². The summed E-state index contributed by atoms with van der Waals surface area (Å²) in [5, 5.41) is 12.8. The summed E-state index contributed by atoms with van der Waals surface area (Å²) < 4.78 is 5.57. The molecule has 35 heavy (non-hydrogen) atoms. The van der Waals surface area contributed by atoms with Gasteiger partial charge in [0.1, 0.15) is 16.8 Å². The minimum atomic E-state index is 0.0542. The third-order valence-corrected chi connectivity index (χ3v) is 8.35. The van der Waals surface area contributed by atoms with Crippen molar-refractivity contribution >= 4 is 33.6 Å². The number of methoxy groups -OCH3 is 1. The topological polar surface area (TPSA) is 91.4 Å². The smallest absolute Gasteiger partial charge is 0.254 e. The van der Waals surface area contributed by atoms with Crippen molar-refractivity contribution in [2.75, 3.05) is 33.3 Å². The molecule has 3 aromatic carbocycles. The lowest BCUT2D eigenvalue weighted by atomic mass is 9.60. The number of nitrogens with zero attached hydrogens (tertiary/aromatic N) is 4. The van der Waals surface area contributed by atoms with Gasteiger partial charge in [0, 0.05) is 42.7 Å². The third kappa shape index (κ3) is 3.05. The van der Waals surface area contributed by atoms with Crippen LogP contribution in [0.4, 0.5) is 0 Å². The van der Waals surface area contributed by atoms with E-state index in [1.807, 2.05) is 58.3 Å².